The molecule has 3 heteroatoms. The van der Waals surface area contributed by atoms with Crippen LogP contribution in [0.4, 0.5) is 5.69 Å². The Morgan fingerprint density at radius 2 is 2.00 bits per heavy atom. The monoisotopic (exact) mass is 248 g/mol. The lowest BCUT2D eigenvalue weighted by atomic mass is 9.97. The highest BCUT2D eigenvalue weighted by Crippen LogP contribution is 2.28. The van der Waals surface area contributed by atoms with Gasteiger partial charge in [-0.25, -0.2) is 0 Å². The van der Waals surface area contributed by atoms with E-state index in [2.05, 4.69) is 56.2 Å². The fourth-order valence-corrected chi connectivity index (χ4v) is 2.62. The zero-order valence-corrected chi connectivity index (χ0v) is 11.8. The van der Waals surface area contributed by atoms with Crippen molar-refractivity contribution < 1.29 is 0 Å². The summed E-state index contributed by atoms with van der Waals surface area (Å²) >= 11 is 1.81. The van der Waals surface area contributed by atoms with Gasteiger partial charge in [0.15, 0.2) is 5.17 Å². The summed E-state index contributed by atoms with van der Waals surface area (Å²) in [6, 6.07) is 6.44. The minimum Gasteiger partial charge on any atom is -0.335 e. The average molecular weight is 248 g/mol. The quantitative estimate of drug-likeness (QED) is 0.816. The lowest BCUT2D eigenvalue weighted by molar-refractivity contribution is 0.438. The number of aryl methyl sites for hydroxylation is 2. The van der Waals surface area contributed by atoms with E-state index in [0.29, 0.717) is 5.41 Å². The van der Waals surface area contributed by atoms with Crippen LogP contribution in [0.5, 0.6) is 0 Å². The van der Waals surface area contributed by atoms with Gasteiger partial charge in [-0.2, -0.15) is 0 Å². The second-order valence-corrected chi connectivity index (χ2v) is 6.46. The number of benzene rings is 1. The van der Waals surface area contributed by atoms with Crippen molar-refractivity contribution in [2.45, 2.75) is 27.7 Å². The van der Waals surface area contributed by atoms with Gasteiger partial charge in [-0.1, -0.05) is 31.7 Å². The van der Waals surface area contributed by atoms with Crippen LogP contribution in [0, 0.1) is 19.3 Å². The average Bonchev–Trinajstić information content (AvgIpc) is 2.27. The van der Waals surface area contributed by atoms with E-state index in [9.17, 15) is 0 Å². The first-order chi connectivity index (χ1) is 7.96. The summed E-state index contributed by atoms with van der Waals surface area (Å²) in [7, 11) is 0. The molecule has 1 aromatic carbocycles. The first-order valence-corrected chi connectivity index (χ1v) is 6.96. The van der Waals surface area contributed by atoms with Gasteiger partial charge in [0.25, 0.3) is 0 Å². The minimum atomic E-state index is 0.332. The van der Waals surface area contributed by atoms with E-state index < -0.39 is 0 Å². The maximum Gasteiger partial charge on any atom is 0.161 e. The highest BCUT2D eigenvalue weighted by molar-refractivity contribution is 8.14. The van der Waals surface area contributed by atoms with E-state index >= 15 is 0 Å². The van der Waals surface area contributed by atoms with Crippen molar-refractivity contribution in [2.75, 3.05) is 17.6 Å². The largest absolute Gasteiger partial charge is 0.335 e. The number of hydrogen-bond donors (Lipinski definition) is 1. The molecule has 0 amide bonds. The topological polar surface area (TPSA) is 24.4 Å². The molecule has 2 nitrogen and oxygen atoms in total. The molecule has 0 atom stereocenters. The third-order valence-electron chi connectivity index (χ3n) is 3.01. The van der Waals surface area contributed by atoms with Crippen molar-refractivity contribution in [2.24, 2.45) is 10.4 Å². The van der Waals surface area contributed by atoms with Gasteiger partial charge in [0.05, 0.1) is 0 Å². The third kappa shape index (κ3) is 3.25. The predicted octanol–water partition coefficient (Wildman–Crippen LogP) is 3.84. The summed E-state index contributed by atoms with van der Waals surface area (Å²) in [6.07, 6.45) is 0. The molecule has 2 rings (SSSR count). The Bertz CT molecular complexity index is 450. The van der Waals surface area contributed by atoms with E-state index in [4.69, 9.17) is 0 Å². The van der Waals surface area contributed by atoms with Crippen LogP contribution < -0.4 is 5.32 Å². The van der Waals surface area contributed by atoms with Gasteiger partial charge in [-0.3, -0.25) is 4.99 Å². The lowest BCUT2D eigenvalue weighted by Crippen LogP contribution is -2.27. The first-order valence-electron chi connectivity index (χ1n) is 5.98. The Morgan fingerprint density at radius 3 is 2.59 bits per heavy atom. The van der Waals surface area contributed by atoms with Crippen LogP contribution in [0.15, 0.2) is 23.2 Å². The molecule has 1 heterocycles. The van der Waals surface area contributed by atoms with E-state index in [1.54, 1.807) is 0 Å². The van der Waals surface area contributed by atoms with Crippen LogP contribution in [0.1, 0.15) is 25.0 Å². The predicted molar refractivity (Wildman–Crippen MR) is 78.1 cm³/mol. The molecule has 0 saturated carbocycles. The molecule has 0 radical (unpaired) electrons. The van der Waals surface area contributed by atoms with Crippen LogP contribution in [0.25, 0.3) is 0 Å². The first kappa shape index (κ1) is 12.5. The third-order valence-corrected chi connectivity index (χ3v) is 4.44. The molecular weight excluding hydrogens is 228 g/mol. The van der Waals surface area contributed by atoms with E-state index in [1.165, 1.54) is 11.1 Å². The molecular formula is C14H20N2S. The molecule has 92 valence electrons. The van der Waals surface area contributed by atoms with Gasteiger partial charge in [-0.05, 0) is 42.5 Å². The number of anilines is 1. The van der Waals surface area contributed by atoms with Gasteiger partial charge >= 0.3 is 0 Å². The minimum absolute atomic E-state index is 0.332. The molecule has 0 aromatic heterocycles. The zero-order valence-electron chi connectivity index (χ0n) is 11.0. The molecule has 0 bridgehead atoms. The molecule has 0 unspecified atom stereocenters. The molecule has 0 fully saturated rings. The van der Waals surface area contributed by atoms with Crippen molar-refractivity contribution in [3.05, 3.63) is 29.3 Å². The van der Waals surface area contributed by atoms with Crippen molar-refractivity contribution >= 4 is 22.6 Å². The molecule has 1 aromatic rings. The molecule has 0 saturated heterocycles. The number of hydrogen-bond acceptors (Lipinski definition) is 3. The number of nitrogens with one attached hydrogen (secondary N) is 1. The molecule has 0 aliphatic carbocycles. The Kier molecular flexibility index (Phi) is 3.48. The summed E-state index contributed by atoms with van der Waals surface area (Å²) in [5.41, 5.74) is 4.12. The summed E-state index contributed by atoms with van der Waals surface area (Å²) in [6.45, 7) is 9.70. The van der Waals surface area contributed by atoms with Crippen LogP contribution in [0.3, 0.4) is 0 Å². The molecule has 1 aliphatic heterocycles. The molecule has 1 N–H and O–H groups in total. The lowest BCUT2D eigenvalue weighted by Gasteiger charge is -2.27. The van der Waals surface area contributed by atoms with Crippen molar-refractivity contribution in [3.63, 3.8) is 0 Å². The molecule has 1 aliphatic rings. The van der Waals surface area contributed by atoms with Crippen LogP contribution in [0.2, 0.25) is 0 Å². The number of thioether (sulfide) groups is 1. The maximum absolute atomic E-state index is 4.60. The fourth-order valence-electron chi connectivity index (χ4n) is 1.66. The van der Waals surface area contributed by atoms with E-state index in [0.717, 1.165) is 23.2 Å². The summed E-state index contributed by atoms with van der Waals surface area (Å²) < 4.78 is 0. The smallest absolute Gasteiger partial charge is 0.161 e. The van der Waals surface area contributed by atoms with Crippen LogP contribution in [-0.2, 0) is 0 Å². The summed E-state index contributed by atoms with van der Waals surface area (Å²) in [4.78, 5) is 4.60. The van der Waals surface area contributed by atoms with E-state index in [1.807, 2.05) is 11.8 Å². The Balaban J connectivity index is 2.07. The standard InChI is InChI=1S/C14H20N2S/c1-10-5-6-12(7-11(10)2)16-13-15-8-14(3,4)9-17-13/h5-7H,8-9H2,1-4H3,(H,15,16). The SMILES string of the molecule is Cc1ccc(NC2=NCC(C)(C)CS2)cc1C. The Morgan fingerprint density at radius 1 is 1.24 bits per heavy atom. The normalized spacial score (nSPS) is 18.7. The maximum atomic E-state index is 4.60. The summed E-state index contributed by atoms with van der Waals surface area (Å²) in [5, 5.41) is 4.45. The number of rotatable bonds is 1. The Labute approximate surface area is 108 Å². The van der Waals surface area contributed by atoms with Crippen molar-refractivity contribution in [3.8, 4) is 0 Å². The summed E-state index contributed by atoms with van der Waals surface area (Å²) in [5.74, 6) is 1.13. The molecule has 17 heavy (non-hydrogen) atoms. The van der Waals surface area contributed by atoms with Crippen molar-refractivity contribution in [1.82, 2.24) is 0 Å². The second-order valence-electron chi connectivity index (χ2n) is 5.50. The highest BCUT2D eigenvalue weighted by atomic mass is 32.2. The van der Waals surface area contributed by atoms with Gasteiger partial charge < -0.3 is 5.32 Å². The van der Waals surface area contributed by atoms with Crippen LogP contribution >= 0.6 is 11.8 Å². The van der Waals surface area contributed by atoms with Gasteiger partial charge in [0.2, 0.25) is 0 Å². The Hall–Kier alpha value is -0.960. The highest BCUT2D eigenvalue weighted by Gasteiger charge is 2.23. The van der Waals surface area contributed by atoms with Gasteiger partial charge in [0, 0.05) is 18.0 Å². The fraction of sp³-hybridized carbons (Fsp3) is 0.500. The second kappa shape index (κ2) is 4.73. The number of aliphatic imine (C=N–C) groups is 1. The number of nitrogens with zero attached hydrogens (tertiary/aromatic N) is 1. The molecule has 0 spiro atoms. The van der Waals surface area contributed by atoms with E-state index in [-0.39, 0.29) is 0 Å². The van der Waals surface area contributed by atoms with Crippen molar-refractivity contribution in [1.29, 1.82) is 0 Å². The van der Waals surface area contributed by atoms with Gasteiger partial charge in [0.1, 0.15) is 0 Å². The van der Waals surface area contributed by atoms with Crippen LogP contribution in [-0.4, -0.2) is 17.5 Å². The van der Waals surface area contributed by atoms with Gasteiger partial charge in [-0.15, -0.1) is 0 Å². The zero-order chi connectivity index (χ0) is 12.5. The number of amidine groups is 1.